The van der Waals surface area contributed by atoms with Crippen LogP contribution >= 0.6 is 11.3 Å². The van der Waals surface area contributed by atoms with Crippen LogP contribution in [0.1, 0.15) is 74.8 Å². The van der Waals surface area contributed by atoms with Gasteiger partial charge in [0.05, 0.1) is 15.9 Å². The number of benzene rings is 2. The maximum Gasteiger partial charge on any atom is 0.116 e. The summed E-state index contributed by atoms with van der Waals surface area (Å²) in [7, 11) is -1.82. The van der Waals surface area contributed by atoms with E-state index in [2.05, 4.69) is 106 Å². The van der Waals surface area contributed by atoms with Crippen molar-refractivity contribution < 1.29 is 1.37 Å². The molecule has 0 aliphatic rings. The fourth-order valence-electron chi connectivity index (χ4n) is 6.62. The Bertz CT molecular complexity index is 1420. The Balaban J connectivity index is 2.04. The zero-order chi connectivity index (χ0) is 28.0. The number of thiophene rings is 1. The molecule has 0 bridgehead atoms. The highest BCUT2D eigenvalue weighted by molar-refractivity contribution is 7.32. The van der Waals surface area contributed by atoms with E-state index in [1.807, 2.05) is 11.3 Å². The van der Waals surface area contributed by atoms with Crippen molar-refractivity contribution in [2.24, 2.45) is 17.8 Å². The molecule has 2 aromatic heterocycles. The Kier molecular flexibility index (Phi) is 7.62. The molecule has 37 heavy (non-hydrogen) atoms. The molecule has 0 spiro atoms. The van der Waals surface area contributed by atoms with Gasteiger partial charge >= 0.3 is 0 Å². The molecule has 2 aromatic carbocycles. The van der Waals surface area contributed by atoms with Crippen LogP contribution in [0, 0.1) is 24.7 Å². The van der Waals surface area contributed by atoms with Gasteiger partial charge in [0.15, 0.2) is 0 Å². The van der Waals surface area contributed by atoms with Gasteiger partial charge in [0.25, 0.3) is 0 Å². The molecule has 198 valence electrons. The fourth-order valence-corrected chi connectivity index (χ4v) is 16.2. The smallest absolute Gasteiger partial charge is 0.116 e. The van der Waals surface area contributed by atoms with Gasteiger partial charge < -0.3 is 0 Å². The largest absolute Gasteiger partial charge is 0.235 e. The molecule has 0 aliphatic heterocycles. The highest BCUT2D eigenvalue weighted by Crippen LogP contribution is 2.41. The van der Waals surface area contributed by atoms with Gasteiger partial charge in [-0.2, -0.15) is 0 Å². The third kappa shape index (κ3) is 5.71. The van der Waals surface area contributed by atoms with E-state index in [1.54, 1.807) is 4.50 Å². The first-order valence-electron chi connectivity index (χ1n) is 14.5. The van der Waals surface area contributed by atoms with Crippen LogP contribution in [0.3, 0.4) is 0 Å². The molecule has 0 amide bonds. The molecule has 0 aliphatic carbocycles. The summed E-state index contributed by atoms with van der Waals surface area (Å²) in [6.45, 7) is 23.4. The van der Waals surface area contributed by atoms with E-state index in [0.29, 0.717) is 17.8 Å². The number of hydrogen-bond donors (Lipinski definition) is 0. The number of aromatic nitrogens is 2. The minimum atomic E-state index is -1.82. The summed E-state index contributed by atoms with van der Waals surface area (Å²) in [5, 5.41) is 2.52. The van der Waals surface area contributed by atoms with Crippen molar-refractivity contribution in [3.63, 3.8) is 0 Å². The molecular formula is C33H46N2SSi. The standard InChI is InChI=1S/C33H46N2SSi/c1-21(2)17-37(18-22(3)4,19-23(5)6)32-24(7)29-31(36-32)30(35-20-34-29)26-15-25-13-11-12-14-27(25)28(16-26)33(8,9)10/h11-16,20-23H,17-19H2,1-10H3/i20D. The Labute approximate surface area is 231 Å². The van der Waals surface area contributed by atoms with Crippen LogP contribution < -0.4 is 4.50 Å². The van der Waals surface area contributed by atoms with Crippen molar-refractivity contribution in [2.45, 2.75) is 92.8 Å². The van der Waals surface area contributed by atoms with Gasteiger partial charge in [0, 0.05) is 5.56 Å². The molecule has 4 heteroatoms. The number of fused-ring (bicyclic) bond motifs is 2. The molecule has 0 unspecified atom stereocenters. The Hall–Kier alpha value is -2.04. The van der Waals surface area contributed by atoms with Gasteiger partial charge in [-0.05, 0) is 68.6 Å². The van der Waals surface area contributed by atoms with E-state index < -0.39 is 8.07 Å². The normalized spacial score (nSPS) is 13.5. The molecule has 0 N–H and O–H groups in total. The Morgan fingerprint density at radius 3 is 2.05 bits per heavy atom. The lowest BCUT2D eigenvalue weighted by Crippen LogP contribution is -2.50. The van der Waals surface area contributed by atoms with Crippen LogP contribution in [0.5, 0.6) is 0 Å². The van der Waals surface area contributed by atoms with Gasteiger partial charge in [-0.15, -0.1) is 11.3 Å². The highest BCUT2D eigenvalue weighted by atomic mass is 32.1. The summed E-state index contributed by atoms with van der Waals surface area (Å²) in [5.74, 6) is 1.99. The minimum absolute atomic E-state index is 0.00403. The van der Waals surface area contributed by atoms with Crippen molar-refractivity contribution in [2.75, 3.05) is 0 Å². The topological polar surface area (TPSA) is 25.8 Å². The predicted octanol–water partition coefficient (Wildman–Crippen LogP) is 9.74. The molecule has 0 fully saturated rings. The average molecular weight is 532 g/mol. The lowest BCUT2D eigenvalue weighted by Gasteiger charge is -2.36. The van der Waals surface area contributed by atoms with Crippen LogP contribution in [0.25, 0.3) is 32.2 Å². The first kappa shape index (κ1) is 26.6. The first-order valence-corrected chi connectivity index (χ1v) is 17.5. The maximum absolute atomic E-state index is 8.60. The van der Waals surface area contributed by atoms with Gasteiger partial charge in [-0.1, -0.05) is 105 Å². The van der Waals surface area contributed by atoms with Crippen molar-refractivity contribution in [3.05, 3.63) is 53.8 Å². The molecule has 0 saturated carbocycles. The molecule has 0 saturated heterocycles. The summed E-state index contributed by atoms with van der Waals surface area (Å²) in [5.41, 5.74) is 5.66. The average Bonchev–Trinajstić information content (AvgIpc) is 3.12. The minimum Gasteiger partial charge on any atom is -0.235 e. The third-order valence-corrected chi connectivity index (χ3v) is 16.3. The van der Waals surface area contributed by atoms with Crippen molar-refractivity contribution >= 4 is 44.9 Å². The number of rotatable bonds is 8. The van der Waals surface area contributed by atoms with Crippen LogP contribution in [0.15, 0.2) is 42.7 Å². The summed E-state index contributed by atoms with van der Waals surface area (Å²) in [4.78, 5) is 9.56. The van der Waals surface area contributed by atoms with Crippen LogP contribution in [0.2, 0.25) is 18.1 Å². The van der Waals surface area contributed by atoms with Crippen LogP contribution in [-0.2, 0) is 5.41 Å². The van der Waals surface area contributed by atoms with Crippen molar-refractivity contribution in [1.82, 2.24) is 9.97 Å². The van der Waals surface area contributed by atoms with E-state index in [0.717, 1.165) is 21.5 Å². The number of aryl methyl sites for hydroxylation is 1. The second kappa shape index (κ2) is 10.6. The van der Waals surface area contributed by atoms with E-state index in [1.165, 1.54) is 40.0 Å². The zero-order valence-corrected chi connectivity index (χ0v) is 26.4. The zero-order valence-electron chi connectivity index (χ0n) is 25.6. The summed E-state index contributed by atoms with van der Waals surface area (Å²) in [6.07, 6.45) is 0.120. The monoisotopic (exact) mass is 531 g/mol. The van der Waals surface area contributed by atoms with E-state index >= 15 is 0 Å². The molecule has 4 rings (SSSR count). The molecule has 0 radical (unpaired) electrons. The molecule has 2 nitrogen and oxygen atoms in total. The molecule has 2 heterocycles. The second-order valence-corrected chi connectivity index (χ2v) is 19.1. The summed E-state index contributed by atoms with van der Waals surface area (Å²) in [6, 6.07) is 17.2. The summed E-state index contributed by atoms with van der Waals surface area (Å²) < 4.78 is 11.4. The maximum atomic E-state index is 8.60. The fraction of sp³-hybridized carbons (Fsp3) is 0.515. The lowest BCUT2D eigenvalue weighted by atomic mass is 9.82. The van der Waals surface area contributed by atoms with E-state index in [-0.39, 0.29) is 11.7 Å². The Morgan fingerprint density at radius 2 is 1.49 bits per heavy atom. The van der Waals surface area contributed by atoms with Gasteiger partial charge in [0.1, 0.15) is 15.7 Å². The highest BCUT2D eigenvalue weighted by Gasteiger charge is 2.40. The van der Waals surface area contributed by atoms with E-state index in [9.17, 15) is 0 Å². The van der Waals surface area contributed by atoms with Gasteiger partial charge in [-0.3, -0.25) is 0 Å². The van der Waals surface area contributed by atoms with Crippen LogP contribution in [-0.4, -0.2) is 18.0 Å². The van der Waals surface area contributed by atoms with Gasteiger partial charge in [-0.25, -0.2) is 9.97 Å². The van der Waals surface area contributed by atoms with E-state index in [4.69, 9.17) is 11.3 Å². The van der Waals surface area contributed by atoms with Crippen molar-refractivity contribution in [3.8, 4) is 11.3 Å². The third-order valence-electron chi connectivity index (χ3n) is 7.48. The van der Waals surface area contributed by atoms with Gasteiger partial charge in [0.2, 0.25) is 0 Å². The molecule has 4 aromatic rings. The van der Waals surface area contributed by atoms with Crippen molar-refractivity contribution in [1.29, 1.82) is 0 Å². The predicted molar refractivity (Wildman–Crippen MR) is 168 cm³/mol. The second-order valence-electron chi connectivity index (χ2n) is 13.5. The first-order chi connectivity index (χ1) is 17.7. The lowest BCUT2D eigenvalue weighted by molar-refractivity contribution is 0.596. The Morgan fingerprint density at radius 1 is 0.892 bits per heavy atom. The molecule has 0 atom stereocenters. The SMILES string of the molecule is [2H]c1nc(-c2cc(C(C)(C)C)c3ccccc3c2)c2sc([Si](CC(C)C)(CC(C)C)CC(C)C)c(C)c2n1. The van der Waals surface area contributed by atoms with Crippen LogP contribution in [0.4, 0.5) is 0 Å². The molecular weight excluding hydrogens is 485 g/mol. The number of hydrogen-bond acceptors (Lipinski definition) is 3. The summed E-state index contributed by atoms with van der Waals surface area (Å²) >= 11 is 1.96. The number of nitrogens with zero attached hydrogens (tertiary/aromatic N) is 2. The quantitative estimate of drug-likeness (QED) is 0.211.